The van der Waals surface area contributed by atoms with Crippen molar-refractivity contribution in [3.63, 3.8) is 0 Å². The average Bonchev–Trinajstić information content (AvgIpc) is 2.87. The highest BCUT2D eigenvalue weighted by molar-refractivity contribution is 8.14. The van der Waals surface area contributed by atoms with Crippen molar-refractivity contribution in [2.24, 2.45) is 4.99 Å². The van der Waals surface area contributed by atoms with E-state index >= 15 is 0 Å². The lowest BCUT2D eigenvalue weighted by Gasteiger charge is -2.26. The number of hydrogen-bond acceptors (Lipinski definition) is 3. The van der Waals surface area contributed by atoms with Crippen molar-refractivity contribution in [1.29, 1.82) is 0 Å². The highest BCUT2D eigenvalue weighted by Gasteiger charge is 2.36. The number of rotatable bonds is 3. The van der Waals surface area contributed by atoms with Crippen LogP contribution < -0.4 is 5.32 Å². The van der Waals surface area contributed by atoms with Crippen LogP contribution in [-0.2, 0) is 0 Å². The van der Waals surface area contributed by atoms with Crippen LogP contribution in [0.1, 0.15) is 59.3 Å². The summed E-state index contributed by atoms with van der Waals surface area (Å²) in [6, 6.07) is 0. The van der Waals surface area contributed by atoms with E-state index < -0.39 is 0 Å². The van der Waals surface area contributed by atoms with Gasteiger partial charge in [0.1, 0.15) is 0 Å². The van der Waals surface area contributed by atoms with Gasteiger partial charge in [0.15, 0.2) is 5.17 Å². The Balaban J connectivity index is 2.01. The standard InChI is InChI=1S/C13H24N2S/c1-4-13(5-2)10-16-11(15-13)14-12(3)8-6-7-9-12/h4-10H2,1-3H3,(H,14,15). The molecule has 1 aliphatic carbocycles. The van der Waals surface area contributed by atoms with E-state index in [0.29, 0.717) is 5.54 Å². The number of thioether (sulfide) groups is 1. The molecule has 0 spiro atoms. The van der Waals surface area contributed by atoms with Crippen LogP contribution in [0.2, 0.25) is 0 Å². The van der Waals surface area contributed by atoms with Crippen LogP contribution in [0.25, 0.3) is 0 Å². The fraction of sp³-hybridized carbons (Fsp3) is 0.923. The second kappa shape index (κ2) is 4.59. The Morgan fingerprint density at radius 1 is 1.25 bits per heavy atom. The Labute approximate surface area is 104 Å². The van der Waals surface area contributed by atoms with Crippen molar-refractivity contribution < 1.29 is 0 Å². The average molecular weight is 240 g/mol. The molecule has 1 heterocycles. The second-order valence-electron chi connectivity index (χ2n) is 5.53. The van der Waals surface area contributed by atoms with Crippen LogP contribution >= 0.6 is 11.8 Å². The van der Waals surface area contributed by atoms with E-state index in [1.165, 1.54) is 49.4 Å². The van der Waals surface area contributed by atoms with Gasteiger partial charge in [0.25, 0.3) is 0 Å². The molecule has 0 radical (unpaired) electrons. The minimum absolute atomic E-state index is 0.224. The summed E-state index contributed by atoms with van der Waals surface area (Å²) < 4.78 is 0. The predicted octanol–water partition coefficient (Wildman–Crippen LogP) is 3.57. The molecule has 0 saturated heterocycles. The van der Waals surface area contributed by atoms with Gasteiger partial charge < -0.3 is 5.32 Å². The first-order valence-electron chi connectivity index (χ1n) is 6.62. The van der Waals surface area contributed by atoms with Crippen molar-refractivity contribution in [1.82, 2.24) is 5.32 Å². The molecule has 0 aromatic heterocycles. The number of nitrogens with one attached hydrogen (secondary N) is 1. The quantitative estimate of drug-likeness (QED) is 0.815. The predicted molar refractivity (Wildman–Crippen MR) is 73.2 cm³/mol. The molecule has 0 aromatic rings. The third kappa shape index (κ3) is 2.39. The van der Waals surface area contributed by atoms with Gasteiger partial charge in [-0.15, -0.1) is 0 Å². The summed E-state index contributed by atoms with van der Waals surface area (Å²) in [5.74, 6) is 1.17. The molecule has 1 fully saturated rings. The maximum absolute atomic E-state index is 4.93. The van der Waals surface area contributed by atoms with Crippen molar-refractivity contribution >= 4 is 16.9 Å². The summed E-state index contributed by atoms with van der Waals surface area (Å²) in [6.45, 7) is 6.86. The van der Waals surface area contributed by atoms with Crippen LogP contribution in [0.4, 0.5) is 0 Å². The Bertz CT molecular complexity index is 276. The van der Waals surface area contributed by atoms with Gasteiger partial charge in [0.05, 0.1) is 5.54 Å². The third-order valence-corrected chi connectivity index (χ3v) is 5.40. The fourth-order valence-electron chi connectivity index (χ4n) is 2.70. The molecule has 0 aromatic carbocycles. The zero-order valence-electron chi connectivity index (χ0n) is 10.8. The molecule has 1 aliphatic heterocycles. The first-order chi connectivity index (χ1) is 7.61. The Kier molecular flexibility index (Phi) is 3.53. The van der Waals surface area contributed by atoms with E-state index in [1.54, 1.807) is 0 Å². The second-order valence-corrected chi connectivity index (χ2v) is 6.49. The van der Waals surface area contributed by atoms with E-state index in [1.807, 2.05) is 11.8 Å². The number of hydrogen-bond donors (Lipinski definition) is 1. The lowest BCUT2D eigenvalue weighted by atomic mass is 9.96. The Morgan fingerprint density at radius 3 is 2.38 bits per heavy atom. The van der Waals surface area contributed by atoms with E-state index in [9.17, 15) is 0 Å². The highest BCUT2D eigenvalue weighted by atomic mass is 32.2. The van der Waals surface area contributed by atoms with Crippen molar-refractivity contribution in [2.75, 3.05) is 5.75 Å². The van der Waals surface area contributed by atoms with Gasteiger partial charge in [-0.1, -0.05) is 38.5 Å². The van der Waals surface area contributed by atoms with Crippen LogP contribution in [-0.4, -0.2) is 22.0 Å². The van der Waals surface area contributed by atoms with Crippen LogP contribution in [0.5, 0.6) is 0 Å². The van der Waals surface area contributed by atoms with Gasteiger partial charge in [-0.3, -0.25) is 4.99 Å². The molecule has 16 heavy (non-hydrogen) atoms. The van der Waals surface area contributed by atoms with Gasteiger partial charge in [0.2, 0.25) is 0 Å². The molecule has 1 N–H and O–H groups in total. The molecule has 0 atom stereocenters. The van der Waals surface area contributed by atoms with Gasteiger partial charge >= 0.3 is 0 Å². The number of aliphatic imine (C=N–C) groups is 1. The maximum Gasteiger partial charge on any atom is 0.157 e. The molecular formula is C13H24N2S. The Morgan fingerprint density at radius 2 is 1.88 bits per heavy atom. The Hall–Kier alpha value is -0.180. The summed E-state index contributed by atoms with van der Waals surface area (Å²) in [5.41, 5.74) is 0.547. The smallest absolute Gasteiger partial charge is 0.157 e. The molecule has 1 saturated carbocycles. The molecule has 2 nitrogen and oxygen atoms in total. The first kappa shape index (κ1) is 12.3. The summed E-state index contributed by atoms with van der Waals surface area (Å²) in [4.78, 5) is 4.93. The van der Waals surface area contributed by atoms with Gasteiger partial charge in [-0.2, -0.15) is 0 Å². The molecule has 2 aliphatic rings. The van der Waals surface area contributed by atoms with Gasteiger partial charge in [0, 0.05) is 11.3 Å². The van der Waals surface area contributed by atoms with Gasteiger partial charge in [-0.05, 0) is 32.6 Å². The molecule has 0 amide bonds. The summed E-state index contributed by atoms with van der Waals surface area (Å²) in [7, 11) is 0. The van der Waals surface area contributed by atoms with Crippen LogP contribution in [0.15, 0.2) is 4.99 Å². The van der Waals surface area contributed by atoms with E-state index in [4.69, 9.17) is 4.99 Å². The first-order valence-corrected chi connectivity index (χ1v) is 7.61. The highest BCUT2D eigenvalue weighted by Crippen LogP contribution is 2.35. The summed E-state index contributed by atoms with van der Waals surface area (Å²) in [5, 5.41) is 4.89. The summed E-state index contributed by atoms with van der Waals surface area (Å²) in [6.07, 6.45) is 7.68. The lowest BCUT2D eigenvalue weighted by Crippen LogP contribution is -2.42. The van der Waals surface area contributed by atoms with Crippen molar-refractivity contribution in [2.45, 2.75) is 70.4 Å². The van der Waals surface area contributed by atoms with E-state index in [2.05, 4.69) is 26.1 Å². The van der Waals surface area contributed by atoms with Crippen LogP contribution in [0, 0.1) is 0 Å². The van der Waals surface area contributed by atoms with Crippen LogP contribution in [0.3, 0.4) is 0 Å². The minimum atomic E-state index is 0.224. The number of amidine groups is 1. The topological polar surface area (TPSA) is 24.4 Å². The zero-order valence-corrected chi connectivity index (χ0v) is 11.6. The molecule has 2 rings (SSSR count). The molecule has 0 bridgehead atoms. The van der Waals surface area contributed by atoms with Crippen molar-refractivity contribution in [3.05, 3.63) is 0 Å². The zero-order chi connectivity index (χ0) is 11.6. The molecular weight excluding hydrogens is 216 g/mol. The maximum atomic E-state index is 4.93. The monoisotopic (exact) mass is 240 g/mol. The SMILES string of the molecule is CCC1(CC)CSC(NC2(C)CCCC2)=N1. The normalized spacial score (nSPS) is 26.8. The van der Waals surface area contributed by atoms with E-state index in [-0.39, 0.29) is 5.54 Å². The largest absolute Gasteiger partial charge is 0.360 e. The summed E-state index contributed by atoms with van der Waals surface area (Å²) >= 11 is 1.92. The molecule has 0 unspecified atom stereocenters. The lowest BCUT2D eigenvalue weighted by molar-refractivity contribution is 0.424. The van der Waals surface area contributed by atoms with Crippen molar-refractivity contribution in [3.8, 4) is 0 Å². The van der Waals surface area contributed by atoms with Gasteiger partial charge in [-0.25, -0.2) is 0 Å². The third-order valence-electron chi connectivity index (χ3n) is 4.25. The molecule has 92 valence electrons. The molecule has 3 heteroatoms. The number of nitrogens with zero attached hydrogens (tertiary/aromatic N) is 1. The fourth-order valence-corrected chi connectivity index (χ4v) is 4.15. The van der Waals surface area contributed by atoms with E-state index in [0.717, 1.165) is 0 Å². The minimum Gasteiger partial charge on any atom is -0.360 e.